The molecule has 3 heteroatoms. The summed E-state index contributed by atoms with van der Waals surface area (Å²) in [4.78, 5) is 4.69. The number of rotatable bonds is 3. The van der Waals surface area contributed by atoms with Crippen molar-refractivity contribution in [2.24, 2.45) is 5.41 Å². The van der Waals surface area contributed by atoms with E-state index >= 15 is 0 Å². The van der Waals surface area contributed by atoms with Crippen LogP contribution in [0.15, 0.2) is 24.3 Å². The zero-order valence-corrected chi connectivity index (χ0v) is 11.7. The van der Waals surface area contributed by atoms with E-state index in [1.165, 1.54) is 24.8 Å². The van der Waals surface area contributed by atoms with Gasteiger partial charge in [0.25, 0.3) is 0 Å². The van der Waals surface area contributed by atoms with Crippen molar-refractivity contribution in [1.29, 1.82) is 0 Å². The molecule has 2 aromatic rings. The number of nitrogens with zero attached hydrogens (tertiary/aromatic N) is 2. The van der Waals surface area contributed by atoms with Crippen LogP contribution < -0.4 is 0 Å². The number of imidazole rings is 1. The maximum absolute atomic E-state index is 6.29. The minimum atomic E-state index is -0.0407. The Labute approximate surface area is 113 Å². The van der Waals surface area contributed by atoms with Gasteiger partial charge in [0, 0.05) is 6.54 Å². The molecule has 0 spiro atoms. The molecule has 96 valence electrons. The lowest BCUT2D eigenvalue weighted by atomic mass is 9.70. The zero-order valence-electron chi connectivity index (χ0n) is 11.0. The fourth-order valence-electron chi connectivity index (χ4n) is 2.88. The Morgan fingerprint density at radius 1 is 1.39 bits per heavy atom. The Morgan fingerprint density at radius 2 is 2.11 bits per heavy atom. The van der Waals surface area contributed by atoms with E-state index in [-0.39, 0.29) is 5.38 Å². The van der Waals surface area contributed by atoms with Gasteiger partial charge in [-0.2, -0.15) is 0 Å². The third kappa shape index (κ3) is 1.93. The molecule has 0 bridgehead atoms. The van der Waals surface area contributed by atoms with Gasteiger partial charge in [0.05, 0.1) is 16.4 Å². The summed E-state index contributed by atoms with van der Waals surface area (Å²) in [6.45, 7) is 5.41. The second kappa shape index (κ2) is 4.27. The minimum absolute atomic E-state index is 0.0407. The first kappa shape index (κ1) is 12.0. The summed E-state index contributed by atoms with van der Waals surface area (Å²) in [6.07, 6.45) is 3.99. The minimum Gasteiger partial charge on any atom is -0.326 e. The molecule has 2 nitrogen and oxygen atoms in total. The molecule has 1 aromatic carbocycles. The molecule has 3 rings (SSSR count). The third-order valence-corrected chi connectivity index (χ3v) is 4.34. The number of hydrogen-bond donors (Lipinski definition) is 0. The van der Waals surface area contributed by atoms with E-state index in [2.05, 4.69) is 34.7 Å². The second-order valence-corrected chi connectivity index (χ2v) is 6.48. The smallest absolute Gasteiger partial charge is 0.127 e. The Kier molecular flexibility index (Phi) is 2.86. The Balaban J connectivity index is 2.09. The van der Waals surface area contributed by atoms with Crippen LogP contribution in [0.25, 0.3) is 11.0 Å². The lowest BCUT2D eigenvalue weighted by molar-refractivity contribution is 0.132. The van der Waals surface area contributed by atoms with Gasteiger partial charge >= 0.3 is 0 Å². The van der Waals surface area contributed by atoms with Crippen molar-refractivity contribution in [2.45, 2.75) is 45.0 Å². The Hall–Kier alpha value is -1.02. The van der Waals surface area contributed by atoms with Gasteiger partial charge in [-0.25, -0.2) is 4.98 Å². The average molecular weight is 263 g/mol. The summed E-state index contributed by atoms with van der Waals surface area (Å²) < 4.78 is 2.33. The molecule has 1 aliphatic rings. The van der Waals surface area contributed by atoms with Crippen LogP contribution in [0.4, 0.5) is 0 Å². The fraction of sp³-hybridized carbons (Fsp3) is 0.533. The maximum atomic E-state index is 6.29. The summed E-state index contributed by atoms with van der Waals surface area (Å²) in [5, 5.41) is -0.0407. The predicted octanol–water partition coefficient (Wildman–Crippen LogP) is 4.53. The molecule has 18 heavy (non-hydrogen) atoms. The molecule has 1 fully saturated rings. The van der Waals surface area contributed by atoms with E-state index in [1.54, 1.807) is 0 Å². The maximum Gasteiger partial charge on any atom is 0.127 e. The van der Waals surface area contributed by atoms with Crippen LogP contribution in [-0.2, 0) is 6.54 Å². The van der Waals surface area contributed by atoms with Gasteiger partial charge in [-0.05, 0) is 37.3 Å². The topological polar surface area (TPSA) is 17.8 Å². The fourth-order valence-corrected chi connectivity index (χ4v) is 3.05. The highest BCUT2D eigenvalue weighted by Crippen LogP contribution is 2.43. The zero-order chi connectivity index (χ0) is 12.8. The molecule has 0 amide bonds. The number of benzene rings is 1. The van der Waals surface area contributed by atoms with E-state index in [0.29, 0.717) is 5.41 Å². The second-order valence-electron chi connectivity index (χ2n) is 5.83. The van der Waals surface area contributed by atoms with Crippen LogP contribution in [0, 0.1) is 5.41 Å². The molecule has 0 aliphatic heterocycles. The number of hydrogen-bond acceptors (Lipinski definition) is 1. The molecule has 0 saturated heterocycles. The van der Waals surface area contributed by atoms with Crippen LogP contribution >= 0.6 is 11.6 Å². The number of alkyl halides is 1. The number of para-hydroxylation sites is 2. The van der Waals surface area contributed by atoms with Crippen molar-refractivity contribution < 1.29 is 0 Å². The number of aromatic nitrogens is 2. The third-order valence-electron chi connectivity index (χ3n) is 4.14. The quantitative estimate of drug-likeness (QED) is 0.744. The van der Waals surface area contributed by atoms with Gasteiger partial charge in [-0.1, -0.05) is 25.5 Å². The van der Waals surface area contributed by atoms with Crippen LogP contribution in [0.2, 0.25) is 0 Å². The lowest BCUT2D eigenvalue weighted by Gasteiger charge is -2.39. The van der Waals surface area contributed by atoms with Gasteiger partial charge < -0.3 is 4.57 Å². The molecule has 1 atom stereocenters. The first-order valence-corrected chi connectivity index (χ1v) is 7.12. The summed E-state index contributed by atoms with van der Waals surface area (Å²) in [6, 6.07) is 8.32. The highest BCUT2D eigenvalue weighted by atomic mass is 35.5. The van der Waals surface area contributed by atoms with E-state index in [9.17, 15) is 0 Å². The Morgan fingerprint density at radius 3 is 2.72 bits per heavy atom. The molecule has 0 radical (unpaired) electrons. The van der Waals surface area contributed by atoms with E-state index in [0.717, 1.165) is 17.9 Å². The number of fused-ring (bicyclic) bond motifs is 1. The monoisotopic (exact) mass is 262 g/mol. The SMILES string of the molecule is CC(Cl)c1nc2ccccc2n1CC1(C)CCC1. The molecular formula is C15H19ClN2. The van der Waals surface area contributed by atoms with Crippen molar-refractivity contribution in [1.82, 2.24) is 9.55 Å². The summed E-state index contributed by atoms with van der Waals surface area (Å²) in [5.41, 5.74) is 2.71. The van der Waals surface area contributed by atoms with Gasteiger partial charge in [0.15, 0.2) is 0 Å². The summed E-state index contributed by atoms with van der Waals surface area (Å²) in [5.74, 6) is 1.01. The highest BCUT2D eigenvalue weighted by Gasteiger charge is 2.33. The summed E-state index contributed by atoms with van der Waals surface area (Å²) >= 11 is 6.29. The average Bonchev–Trinajstić information content (AvgIpc) is 2.66. The lowest BCUT2D eigenvalue weighted by Crippen LogP contribution is -2.31. The van der Waals surface area contributed by atoms with Crippen LogP contribution in [0.3, 0.4) is 0 Å². The van der Waals surface area contributed by atoms with E-state index < -0.39 is 0 Å². The Bertz CT molecular complexity index is 567. The van der Waals surface area contributed by atoms with Crippen molar-refractivity contribution >= 4 is 22.6 Å². The van der Waals surface area contributed by atoms with Crippen molar-refractivity contribution in [3.05, 3.63) is 30.1 Å². The number of halogens is 1. The van der Waals surface area contributed by atoms with E-state index in [4.69, 9.17) is 11.6 Å². The van der Waals surface area contributed by atoms with Crippen molar-refractivity contribution in [3.63, 3.8) is 0 Å². The first-order chi connectivity index (χ1) is 8.59. The van der Waals surface area contributed by atoms with E-state index in [1.807, 2.05) is 13.0 Å². The molecule has 1 aliphatic carbocycles. The first-order valence-electron chi connectivity index (χ1n) is 6.68. The predicted molar refractivity (Wildman–Crippen MR) is 76.0 cm³/mol. The molecule has 0 N–H and O–H groups in total. The van der Waals surface area contributed by atoms with Crippen LogP contribution in [-0.4, -0.2) is 9.55 Å². The van der Waals surface area contributed by atoms with Crippen LogP contribution in [0.1, 0.15) is 44.3 Å². The highest BCUT2D eigenvalue weighted by molar-refractivity contribution is 6.20. The summed E-state index contributed by atoms with van der Waals surface area (Å²) in [7, 11) is 0. The molecule has 1 aromatic heterocycles. The standard InChI is InChI=1S/C15H19ClN2/c1-11(16)14-17-12-6-3-4-7-13(12)18(14)10-15(2)8-5-9-15/h3-4,6-7,11H,5,8-10H2,1-2H3. The van der Waals surface area contributed by atoms with Crippen LogP contribution in [0.5, 0.6) is 0 Å². The van der Waals surface area contributed by atoms with Gasteiger partial charge in [0.2, 0.25) is 0 Å². The van der Waals surface area contributed by atoms with Crippen molar-refractivity contribution in [3.8, 4) is 0 Å². The van der Waals surface area contributed by atoms with Gasteiger partial charge in [-0.15, -0.1) is 11.6 Å². The molecule has 1 unspecified atom stereocenters. The van der Waals surface area contributed by atoms with Gasteiger partial charge in [-0.3, -0.25) is 0 Å². The van der Waals surface area contributed by atoms with Gasteiger partial charge in [0.1, 0.15) is 5.82 Å². The molecular weight excluding hydrogens is 244 g/mol. The van der Waals surface area contributed by atoms with Crippen molar-refractivity contribution in [2.75, 3.05) is 0 Å². The largest absolute Gasteiger partial charge is 0.326 e. The normalized spacial score (nSPS) is 19.7. The molecule has 1 heterocycles. The molecule has 1 saturated carbocycles.